The molecule has 3 aromatic rings. The summed E-state index contributed by atoms with van der Waals surface area (Å²) >= 11 is 6.87. The molecule has 6 heteroatoms. The molecule has 1 fully saturated rings. The van der Waals surface area contributed by atoms with Crippen molar-refractivity contribution in [3.63, 3.8) is 0 Å². The zero-order chi connectivity index (χ0) is 20.6. The van der Waals surface area contributed by atoms with Gasteiger partial charge in [0.1, 0.15) is 0 Å². The van der Waals surface area contributed by atoms with Gasteiger partial charge in [0.05, 0.1) is 6.54 Å². The van der Waals surface area contributed by atoms with Crippen molar-refractivity contribution in [2.24, 2.45) is 0 Å². The number of halogens is 2. The van der Waals surface area contributed by atoms with E-state index in [9.17, 15) is 9.90 Å². The molecule has 0 spiro atoms. The van der Waals surface area contributed by atoms with Gasteiger partial charge in [0, 0.05) is 25.9 Å². The molecule has 0 bridgehead atoms. The average Bonchev–Trinajstić information content (AvgIpc) is 3.01. The standard InChI is InChI=1S/C23H20Br2N2O2/c1-2-16-4-3-5-17(14-16)23(29)15-26(20-10-6-18(24)7-11-20)22(28)27(23)21-12-8-19(25)9-13-21/h3-14,29H,2,15H2,1H3. The quantitative estimate of drug-likeness (QED) is 0.458. The second kappa shape index (κ2) is 7.94. The molecule has 0 aromatic heterocycles. The molecule has 148 valence electrons. The van der Waals surface area contributed by atoms with Gasteiger partial charge in [0.2, 0.25) is 0 Å². The van der Waals surface area contributed by atoms with Crippen molar-refractivity contribution in [2.45, 2.75) is 19.1 Å². The number of hydrogen-bond acceptors (Lipinski definition) is 2. The third-order valence-electron chi connectivity index (χ3n) is 5.19. The van der Waals surface area contributed by atoms with Crippen molar-refractivity contribution in [3.8, 4) is 0 Å². The molecule has 1 heterocycles. The van der Waals surface area contributed by atoms with Crippen molar-refractivity contribution < 1.29 is 9.90 Å². The second-order valence-electron chi connectivity index (χ2n) is 7.03. The van der Waals surface area contributed by atoms with Crippen LogP contribution in [0.4, 0.5) is 16.2 Å². The van der Waals surface area contributed by atoms with Crippen LogP contribution in [0.5, 0.6) is 0 Å². The maximum atomic E-state index is 13.5. The van der Waals surface area contributed by atoms with Crippen molar-refractivity contribution >= 4 is 49.3 Å². The predicted molar refractivity (Wildman–Crippen MR) is 123 cm³/mol. The lowest BCUT2D eigenvalue weighted by Crippen LogP contribution is -2.44. The van der Waals surface area contributed by atoms with Crippen LogP contribution in [0.2, 0.25) is 0 Å². The minimum absolute atomic E-state index is 0.136. The maximum Gasteiger partial charge on any atom is 0.331 e. The summed E-state index contributed by atoms with van der Waals surface area (Å²) < 4.78 is 1.85. The third kappa shape index (κ3) is 3.72. The molecule has 1 aliphatic heterocycles. The Labute approximate surface area is 187 Å². The lowest BCUT2D eigenvalue weighted by Gasteiger charge is -2.32. The van der Waals surface area contributed by atoms with Gasteiger partial charge in [0.15, 0.2) is 5.72 Å². The topological polar surface area (TPSA) is 43.8 Å². The van der Waals surface area contributed by atoms with E-state index in [2.05, 4.69) is 38.8 Å². The minimum Gasteiger partial charge on any atom is -0.365 e. The molecule has 1 saturated heterocycles. The summed E-state index contributed by atoms with van der Waals surface area (Å²) in [5, 5.41) is 11.9. The number of β-amino-alcohol motifs (C(OH)–C–C–N with tert-alkyl or cyclic N) is 1. The first kappa shape index (κ1) is 20.1. The molecule has 1 atom stereocenters. The van der Waals surface area contributed by atoms with E-state index in [1.165, 1.54) is 4.90 Å². The highest BCUT2D eigenvalue weighted by molar-refractivity contribution is 9.10. The Morgan fingerprint density at radius 1 is 0.931 bits per heavy atom. The number of amides is 2. The van der Waals surface area contributed by atoms with Crippen molar-refractivity contribution in [2.75, 3.05) is 16.3 Å². The molecule has 0 saturated carbocycles. The molecule has 3 aromatic carbocycles. The summed E-state index contributed by atoms with van der Waals surface area (Å²) in [6.45, 7) is 2.21. The average molecular weight is 516 g/mol. The number of rotatable bonds is 4. The smallest absolute Gasteiger partial charge is 0.331 e. The number of aliphatic hydroxyl groups is 1. The SMILES string of the molecule is CCc1cccc(C2(O)CN(c3ccc(Br)cc3)C(=O)N2c2ccc(Br)cc2)c1. The Morgan fingerprint density at radius 2 is 1.52 bits per heavy atom. The molecule has 4 nitrogen and oxygen atoms in total. The van der Waals surface area contributed by atoms with Gasteiger partial charge < -0.3 is 5.11 Å². The highest BCUT2D eigenvalue weighted by atomic mass is 79.9. The number of nitrogens with zero attached hydrogens (tertiary/aromatic N) is 2. The summed E-state index contributed by atoms with van der Waals surface area (Å²) in [5.74, 6) is 0. The van der Waals surface area contributed by atoms with Crippen LogP contribution >= 0.6 is 31.9 Å². The lowest BCUT2D eigenvalue weighted by atomic mass is 9.98. The predicted octanol–water partition coefficient (Wildman–Crippen LogP) is 6.07. The second-order valence-corrected chi connectivity index (χ2v) is 8.86. The van der Waals surface area contributed by atoms with E-state index in [4.69, 9.17) is 0 Å². The molecule has 29 heavy (non-hydrogen) atoms. The van der Waals surface area contributed by atoms with E-state index >= 15 is 0 Å². The molecular weight excluding hydrogens is 496 g/mol. The lowest BCUT2D eigenvalue weighted by molar-refractivity contribution is 0.0655. The number of aryl methyl sites for hydroxylation is 1. The number of benzene rings is 3. The molecule has 1 aliphatic rings. The van der Waals surface area contributed by atoms with Crippen LogP contribution < -0.4 is 9.80 Å². The van der Waals surface area contributed by atoms with E-state index in [0.29, 0.717) is 11.3 Å². The fourth-order valence-corrected chi connectivity index (χ4v) is 4.16. The first-order valence-electron chi connectivity index (χ1n) is 9.37. The highest BCUT2D eigenvalue weighted by Gasteiger charge is 2.51. The van der Waals surface area contributed by atoms with E-state index in [1.807, 2.05) is 72.8 Å². The van der Waals surface area contributed by atoms with Gasteiger partial charge in [-0.05, 0) is 60.5 Å². The molecule has 4 rings (SSSR count). The number of anilines is 2. The summed E-state index contributed by atoms with van der Waals surface area (Å²) in [5.41, 5.74) is 1.71. The van der Waals surface area contributed by atoms with Gasteiger partial charge in [0.25, 0.3) is 0 Å². The maximum absolute atomic E-state index is 13.5. The van der Waals surface area contributed by atoms with Gasteiger partial charge in [-0.1, -0.05) is 63.0 Å². The van der Waals surface area contributed by atoms with E-state index < -0.39 is 5.72 Å². The van der Waals surface area contributed by atoms with Crippen molar-refractivity contribution in [1.29, 1.82) is 0 Å². The van der Waals surface area contributed by atoms with Crippen LogP contribution in [0.3, 0.4) is 0 Å². The highest BCUT2D eigenvalue weighted by Crippen LogP contribution is 2.40. The van der Waals surface area contributed by atoms with Crippen molar-refractivity contribution in [1.82, 2.24) is 0 Å². The van der Waals surface area contributed by atoms with Crippen LogP contribution in [-0.2, 0) is 12.1 Å². The van der Waals surface area contributed by atoms with Crippen molar-refractivity contribution in [3.05, 3.63) is 92.9 Å². The molecule has 0 radical (unpaired) electrons. The zero-order valence-corrected chi connectivity index (χ0v) is 19.0. The van der Waals surface area contributed by atoms with Crippen LogP contribution in [0.15, 0.2) is 81.7 Å². The summed E-state index contributed by atoms with van der Waals surface area (Å²) in [7, 11) is 0. The van der Waals surface area contributed by atoms with Crippen LogP contribution in [0.25, 0.3) is 0 Å². The Bertz CT molecular complexity index is 1040. The van der Waals surface area contributed by atoms with Crippen LogP contribution in [0, 0.1) is 0 Å². The molecule has 1 N–H and O–H groups in total. The number of carbonyl (C=O) groups is 1. The molecule has 2 amide bonds. The van der Waals surface area contributed by atoms with Gasteiger partial charge in [-0.3, -0.25) is 9.80 Å². The van der Waals surface area contributed by atoms with E-state index in [-0.39, 0.29) is 12.6 Å². The Balaban J connectivity index is 1.84. The van der Waals surface area contributed by atoms with Gasteiger partial charge in [-0.25, -0.2) is 4.79 Å². The third-order valence-corrected chi connectivity index (χ3v) is 6.25. The van der Waals surface area contributed by atoms with E-state index in [0.717, 1.165) is 26.6 Å². The summed E-state index contributed by atoms with van der Waals surface area (Å²) in [6.07, 6.45) is 0.854. The van der Waals surface area contributed by atoms with Crippen LogP contribution in [-0.4, -0.2) is 17.7 Å². The number of hydrogen-bond donors (Lipinski definition) is 1. The molecule has 0 aliphatic carbocycles. The normalized spacial score (nSPS) is 19.1. The Kier molecular flexibility index (Phi) is 5.51. The minimum atomic E-state index is -1.48. The molecule has 1 unspecified atom stereocenters. The fraction of sp³-hybridized carbons (Fsp3) is 0.174. The first-order chi connectivity index (χ1) is 13.9. The van der Waals surface area contributed by atoms with Gasteiger partial charge >= 0.3 is 6.03 Å². The summed E-state index contributed by atoms with van der Waals surface area (Å²) in [6, 6.07) is 22.5. The van der Waals surface area contributed by atoms with Gasteiger partial charge in [-0.2, -0.15) is 0 Å². The Hall–Kier alpha value is -2.15. The zero-order valence-electron chi connectivity index (χ0n) is 15.8. The van der Waals surface area contributed by atoms with E-state index in [1.54, 1.807) is 4.90 Å². The summed E-state index contributed by atoms with van der Waals surface area (Å²) in [4.78, 5) is 16.6. The van der Waals surface area contributed by atoms with Crippen LogP contribution in [0.1, 0.15) is 18.1 Å². The fourth-order valence-electron chi connectivity index (χ4n) is 3.64. The number of carbonyl (C=O) groups excluding carboxylic acids is 1. The Morgan fingerprint density at radius 3 is 2.10 bits per heavy atom. The largest absolute Gasteiger partial charge is 0.365 e. The first-order valence-corrected chi connectivity index (χ1v) is 11.0. The molecular formula is C23H20Br2N2O2. The number of urea groups is 1. The monoisotopic (exact) mass is 514 g/mol. The van der Waals surface area contributed by atoms with Gasteiger partial charge in [-0.15, -0.1) is 0 Å².